The number of likely N-dealkylation sites (N-methyl/N-ethyl adjacent to an activating group) is 1. The number of nitrogens with zero attached hydrogens (tertiary/aromatic N) is 3. The van der Waals surface area contributed by atoms with Gasteiger partial charge in [-0.1, -0.05) is 24.6 Å². The van der Waals surface area contributed by atoms with Crippen molar-refractivity contribution < 1.29 is 47.1 Å². The number of aryl methyl sites for hydroxylation is 1. The molecule has 3 aliphatic heterocycles. The van der Waals surface area contributed by atoms with Crippen LogP contribution < -0.4 is 21.3 Å². The molecule has 17 heteroatoms. The van der Waals surface area contributed by atoms with Crippen LogP contribution in [0.2, 0.25) is 0 Å². The maximum atomic E-state index is 14.5. The van der Waals surface area contributed by atoms with Crippen molar-refractivity contribution in [1.82, 2.24) is 30.7 Å². The fourth-order valence-electron chi connectivity index (χ4n) is 7.32. The predicted octanol–water partition coefficient (Wildman–Crippen LogP) is 2.02. The van der Waals surface area contributed by atoms with E-state index in [-0.39, 0.29) is 37.4 Å². The van der Waals surface area contributed by atoms with Crippen LogP contribution in [0.25, 0.3) is 0 Å². The zero-order chi connectivity index (χ0) is 41.0. The summed E-state index contributed by atoms with van der Waals surface area (Å²) in [5, 5.41) is 10.4. The average molecular weight is 782 g/mol. The summed E-state index contributed by atoms with van der Waals surface area (Å²) in [7, 11) is 1.41. The van der Waals surface area contributed by atoms with E-state index in [2.05, 4.69) is 21.3 Å². The van der Waals surface area contributed by atoms with Gasteiger partial charge >= 0.3 is 12.0 Å². The molecule has 2 aromatic rings. The fraction of sp³-hybridized carbons (Fsp3) is 0.513. The van der Waals surface area contributed by atoms with Crippen LogP contribution in [0.1, 0.15) is 58.1 Å². The van der Waals surface area contributed by atoms with Crippen molar-refractivity contribution in [3.05, 3.63) is 65.2 Å². The molecule has 302 valence electrons. The lowest BCUT2D eigenvalue weighted by Gasteiger charge is -2.36. The quantitative estimate of drug-likeness (QED) is 0.321. The molecule has 56 heavy (non-hydrogen) atoms. The van der Waals surface area contributed by atoms with Gasteiger partial charge in [-0.25, -0.2) is 18.4 Å². The molecule has 0 aromatic heterocycles. The topological polar surface area (TPSA) is 187 Å². The summed E-state index contributed by atoms with van der Waals surface area (Å²) in [6, 6.07) is 1.25. The van der Waals surface area contributed by atoms with Crippen molar-refractivity contribution in [3.8, 4) is 0 Å². The molecule has 8 unspecified atom stereocenters. The number of hydrogen-bond acceptors (Lipinski definition) is 8. The number of benzene rings is 2. The number of esters is 1. The normalized spacial score (nSPS) is 26.9. The van der Waals surface area contributed by atoms with Gasteiger partial charge in [-0.2, -0.15) is 0 Å². The van der Waals surface area contributed by atoms with E-state index in [1.165, 1.54) is 42.5 Å². The van der Waals surface area contributed by atoms with E-state index in [1.54, 1.807) is 24.3 Å². The van der Waals surface area contributed by atoms with E-state index >= 15 is 0 Å². The van der Waals surface area contributed by atoms with Crippen molar-refractivity contribution >= 4 is 47.2 Å². The molecule has 3 aliphatic rings. The molecular weight excluding hydrogens is 732 g/mol. The van der Waals surface area contributed by atoms with Gasteiger partial charge in [0.1, 0.15) is 54.0 Å². The Morgan fingerprint density at radius 3 is 2.23 bits per heavy atom. The Morgan fingerprint density at radius 1 is 0.911 bits per heavy atom. The minimum atomic E-state index is -1.63. The first-order valence-corrected chi connectivity index (χ1v) is 18.7. The number of nitrogens with one attached hydrogen (secondary N) is 4. The second kappa shape index (κ2) is 17.5. The molecule has 5 rings (SSSR count). The van der Waals surface area contributed by atoms with Gasteiger partial charge in [0.2, 0.25) is 29.5 Å². The largest absolute Gasteiger partial charge is 0.458 e. The molecule has 3 saturated heterocycles. The predicted molar refractivity (Wildman–Crippen MR) is 199 cm³/mol. The molecule has 0 radical (unpaired) electrons. The van der Waals surface area contributed by atoms with Crippen molar-refractivity contribution in [2.24, 2.45) is 5.92 Å². The third-order valence-electron chi connectivity index (χ3n) is 10.6. The lowest BCUT2D eigenvalue weighted by atomic mass is 10.0. The molecule has 7 amide bonds. The highest BCUT2D eigenvalue weighted by Gasteiger charge is 2.46. The minimum Gasteiger partial charge on any atom is -0.458 e. The van der Waals surface area contributed by atoms with Crippen molar-refractivity contribution in [1.29, 1.82) is 0 Å². The highest BCUT2D eigenvalue weighted by Crippen LogP contribution is 2.27. The number of urea groups is 1. The molecule has 3 heterocycles. The standard InChI is InChI=1S/C39H49F2N7O8/c1-20-9-11-28(12-10-20)43-39(55)44-29(17-25-15-26(40)18-27(41)16-25)34(50)45-32-24(5)56-38(54)31-14-21(2)19-48(31)35(51)22(3)42-33(49)23(4)46(6)36(52)30-8-7-13-47(30)37(32)53/h9-12,15-16,18,21-24,29-32H,7-8,13-14,17,19H2,1-6H3,(H,42,49)(H,45,50)(H2,43,44,55). The maximum absolute atomic E-state index is 14.5. The number of anilines is 1. The van der Waals surface area contributed by atoms with Crippen LogP contribution in [0.15, 0.2) is 42.5 Å². The van der Waals surface area contributed by atoms with E-state index in [0.717, 1.165) is 17.7 Å². The molecule has 0 bridgehead atoms. The van der Waals surface area contributed by atoms with E-state index in [4.69, 9.17) is 4.74 Å². The summed E-state index contributed by atoms with van der Waals surface area (Å²) in [5.74, 6) is -6.26. The third-order valence-corrected chi connectivity index (χ3v) is 10.6. The Balaban J connectivity index is 1.49. The van der Waals surface area contributed by atoms with E-state index in [0.29, 0.717) is 18.2 Å². The summed E-state index contributed by atoms with van der Waals surface area (Å²) in [5.41, 5.74) is 1.34. The maximum Gasteiger partial charge on any atom is 0.329 e. The van der Waals surface area contributed by atoms with E-state index in [1.807, 2.05) is 13.8 Å². The Morgan fingerprint density at radius 2 is 1.57 bits per heavy atom. The molecule has 0 saturated carbocycles. The highest BCUT2D eigenvalue weighted by atomic mass is 19.1. The molecule has 0 spiro atoms. The third kappa shape index (κ3) is 9.60. The number of hydrogen-bond donors (Lipinski definition) is 4. The SMILES string of the molecule is Cc1ccc(NC(=O)NC(Cc2cc(F)cc(F)c2)C(=O)NC2C(=O)N3CCCC3C(=O)N(C)C(C)C(=O)NC(C)C(=O)N3CC(C)CC3C(=O)OC2C)cc1. The smallest absolute Gasteiger partial charge is 0.329 e. The molecule has 15 nitrogen and oxygen atoms in total. The number of rotatable bonds is 6. The Hall–Kier alpha value is -5.61. The zero-order valence-electron chi connectivity index (χ0n) is 32.3. The number of fused-ring (bicyclic) bond motifs is 2. The molecular formula is C39H49F2N7O8. The molecule has 8 atom stereocenters. The molecule has 0 aliphatic carbocycles. The van der Waals surface area contributed by atoms with Crippen LogP contribution in [0, 0.1) is 24.5 Å². The van der Waals surface area contributed by atoms with Crippen molar-refractivity contribution in [2.75, 3.05) is 25.5 Å². The lowest BCUT2D eigenvalue weighted by molar-refractivity contribution is -0.162. The Bertz CT molecular complexity index is 1840. The first-order chi connectivity index (χ1) is 26.4. The number of carbonyl (C=O) groups excluding carboxylic acids is 7. The summed E-state index contributed by atoms with van der Waals surface area (Å²) in [6.45, 7) is 8.35. The van der Waals surface area contributed by atoms with Crippen LogP contribution in [-0.2, 0) is 39.9 Å². The number of cyclic esters (lactones) is 1. The van der Waals surface area contributed by atoms with Gasteiger partial charge in [-0.05, 0) is 82.7 Å². The summed E-state index contributed by atoms with van der Waals surface area (Å²) < 4.78 is 34.4. The van der Waals surface area contributed by atoms with Gasteiger partial charge in [0.25, 0.3) is 0 Å². The van der Waals surface area contributed by atoms with Crippen molar-refractivity contribution in [2.45, 2.75) is 103 Å². The summed E-state index contributed by atoms with van der Waals surface area (Å²) >= 11 is 0. The van der Waals surface area contributed by atoms with Gasteiger partial charge in [0, 0.05) is 38.3 Å². The van der Waals surface area contributed by atoms with Crippen LogP contribution in [0.5, 0.6) is 0 Å². The number of ether oxygens (including phenoxy) is 1. The first-order valence-electron chi connectivity index (χ1n) is 18.7. The second-order valence-corrected chi connectivity index (χ2v) is 15.0. The lowest BCUT2D eigenvalue weighted by Crippen LogP contribution is -2.62. The monoisotopic (exact) mass is 781 g/mol. The van der Waals surface area contributed by atoms with Crippen LogP contribution in [0.4, 0.5) is 19.3 Å². The highest BCUT2D eigenvalue weighted by molar-refractivity contribution is 5.98. The van der Waals surface area contributed by atoms with Gasteiger partial charge in [0.05, 0.1) is 0 Å². The average Bonchev–Trinajstić information content (AvgIpc) is 3.79. The van der Waals surface area contributed by atoms with Crippen LogP contribution in [-0.4, -0.2) is 119 Å². The second-order valence-electron chi connectivity index (χ2n) is 15.0. The van der Waals surface area contributed by atoms with Crippen molar-refractivity contribution in [3.63, 3.8) is 0 Å². The first kappa shape index (κ1) is 41.6. The Labute approximate surface area is 323 Å². The van der Waals surface area contributed by atoms with Gasteiger partial charge in [-0.3, -0.25) is 24.0 Å². The molecule has 4 N–H and O–H groups in total. The zero-order valence-corrected chi connectivity index (χ0v) is 32.3. The fourth-order valence-corrected chi connectivity index (χ4v) is 7.32. The van der Waals surface area contributed by atoms with Crippen LogP contribution in [0.3, 0.4) is 0 Å². The van der Waals surface area contributed by atoms with E-state index < -0.39 is 102 Å². The minimum absolute atomic E-state index is 0.0165. The summed E-state index contributed by atoms with van der Waals surface area (Å²) in [6.07, 6.45) is -0.923. The van der Waals surface area contributed by atoms with Crippen LogP contribution >= 0.6 is 0 Å². The Kier molecular flexibility index (Phi) is 13.0. The number of carbonyl (C=O) groups is 7. The van der Waals surface area contributed by atoms with Gasteiger partial charge < -0.3 is 40.7 Å². The summed E-state index contributed by atoms with van der Waals surface area (Å²) in [4.78, 5) is 100. The molecule has 3 fully saturated rings. The number of halogens is 2. The van der Waals surface area contributed by atoms with Gasteiger partial charge in [-0.15, -0.1) is 0 Å². The van der Waals surface area contributed by atoms with Gasteiger partial charge in [0.15, 0.2) is 0 Å². The molecule has 2 aromatic carbocycles. The number of amides is 7. The van der Waals surface area contributed by atoms with E-state index in [9.17, 15) is 42.3 Å².